The van der Waals surface area contributed by atoms with Gasteiger partial charge in [-0.3, -0.25) is 14.2 Å². The molecule has 3 rings (SSSR count). The number of hydrogen-bond donors (Lipinski definition) is 1. The lowest BCUT2D eigenvalue weighted by molar-refractivity contribution is -0.116. The summed E-state index contributed by atoms with van der Waals surface area (Å²) in [5.74, 6) is -0.924. The predicted octanol–water partition coefficient (Wildman–Crippen LogP) is 3.06. The van der Waals surface area contributed by atoms with Crippen LogP contribution in [-0.4, -0.2) is 28.0 Å². The number of nitrogens with zero attached hydrogens (tertiary/aromatic N) is 2. The van der Waals surface area contributed by atoms with Crippen LogP contribution in [0, 0.1) is 13.8 Å². The van der Waals surface area contributed by atoms with Crippen LogP contribution in [0.15, 0.2) is 47.8 Å². The first-order valence-corrected chi connectivity index (χ1v) is 9.37. The van der Waals surface area contributed by atoms with Crippen LogP contribution in [-0.2, 0) is 16.1 Å². The Morgan fingerprint density at radius 1 is 1.32 bits per heavy atom. The summed E-state index contributed by atoms with van der Waals surface area (Å²) in [6.45, 7) is 6.96. The average Bonchev–Trinajstić information content (AvgIpc) is 3.03. The lowest BCUT2D eigenvalue weighted by Gasteiger charge is -2.11. The summed E-state index contributed by atoms with van der Waals surface area (Å²) in [5, 5.41) is 3.83. The van der Waals surface area contributed by atoms with Gasteiger partial charge in [0.05, 0.1) is 11.2 Å². The highest BCUT2D eigenvalue weighted by Crippen LogP contribution is 2.23. The Kier molecular flexibility index (Phi) is 5.70. The summed E-state index contributed by atoms with van der Waals surface area (Å²) in [4.78, 5) is 41.4. The molecular formula is C20H19N3O4S. The van der Waals surface area contributed by atoms with Crippen molar-refractivity contribution in [3.63, 3.8) is 0 Å². The summed E-state index contributed by atoms with van der Waals surface area (Å²) in [6, 6.07) is 8.93. The van der Waals surface area contributed by atoms with Crippen molar-refractivity contribution in [2.75, 3.05) is 11.9 Å². The summed E-state index contributed by atoms with van der Waals surface area (Å²) >= 11 is 1.03. The lowest BCUT2D eigenvalue weighted by atomic mass is 10.1. The largest absolute Gasteiger partial charge is 0.457 e. The van der Waals surface area contributed by atoms with Crippen LogP contribution < -0.4 is 10.9 Å². The number of ether oxygens (including phenoxy) is 1. The zero-order valence-corrected chi connectivity index (χ0v) is 16.3. The number of rotatable bonds is 6. The summed E-state index contributed by atoms with van der Waals surface area (Å²) < 4.78 is 6.42. The summed E-state index contributed by atoms with van der Waals surface area (Å²) in [5.41, 5.74) is 1.75. The van der Waals surface area contributed by atoms with E-state index in [-0.39, 0.29) is 23.8 Å². The number of pyridine rings is 1. The minimum atomic E-state index is -0.517. The second kappa shape index (κ2) is 8.18. The van der Waals surface area contributed by atoms with Crippen LogP contribution in [0.4, 0.5) is 5.13 Å². The van der Waals surface area contributed by atoms with Crippen LogP contribution in [0.25, 0.3) is 10.9 Å². The van der Waals surface area contributed by atoms with E-state index in [2.05, 4.69) is 16.9 Å². The number of hydrogen-bond acceptors (Lipinski definition) is 6. The molecule has 1 aromatic carbocycles. The Morgan fingerprint density at radius 3 is 2.82 bits per heavy atom. The van der Waals surface area contributed by atoms with Crippen LogP contribution in [0.1, 0.15) is 20.9 Å². The molecule has 0 saturated carbocycles. The number of benzene rings is 1. The number of anilines is 1. The van der Waals surface area contributed by atoms with Crippen molar-refractivity contribution in [3.8, 4) is 0 Å². The Balaban J connectivity index is 1.81. The molecule has 28 heavy (non-hydrogen) atoms. The molecule has 0 aliphatic rings. The van der Waals surface area contributed by atoms with Crippen molar-refractivity contribution in [1.82, 2.24) is 9.55 Å². The number of esters is 1. The van der Waals surface area contributed by atoms with Gasteiger partial charge in [0.2, 0.25) is 5.91 Å². The maximum absolute atomic E-state index is 12.5. The highest BCUT2D eigenvalue weighted by molar-refractivity contribution is 7.17. The van der Waals surface area contributed by atoms with Crippen molar-refractivity contribution in [3.05, 3.63) is 69.5 Å². The van der Waals surface area contributed by atoms with Crippen molar-refractivity contribution < 1.29 is 14.3 Å². The first-order valence-electron chi connectivity index (χ1n) is 8.55. The number of thiazole rings is 1. The highest BCUT2D eigenvalue weighted by Gasteiger charge is 2.18. The lowest BCUT2D eigenvalue weighted by Crippen LogP contribution is -2.27. The Labute approximate surface area is 165 Å². The van der Waals surface area contributed by atoms with Crippen molar-refractivity contribution in [2.24, 2.45) is 0 Å². The van der Waals surface area contributed by atoms with E-state index in [9.17, 15) is 14.4 Å². The van der Waals surface area contributed by atoms with E-state index in [4.69, 9.17) is 4.74 Å². The average molecular weight is 397 g/mol. The molecule has 0 bridgehead atoms. The number of carbonyl (C=O) groups excluding carboxylic acids is 2. The summed E-state index contributed by atoms with van der Waals surface area (Å²) in [7, 11) is 0. The quantitative estimate of drug-likeness (QED) is 0.510. The normalized spacial score (nSPS) is 10.6. The monoisotopic (exact) mass is 397 g/mol. The van der Waals surface area contributed by atoms with E-state index in [1.54, 1.807) is 13.0 Å². The van der Waals surface area contributed by atoms with Gasteiger partial charge in [0, 0.05) is 11.5 Å². The van der Waals surface area contributed by atoms with E-state index >= 15 is 0 Å². The third-order valence-electron chi connectivity index (χ3n) is 4.09. The van der Waals surface area contributed by atoms with Gasteiger partial charge in [-0.15, -0.1) is 0 Å². The first-order chi connectivity index (χ1) is 13.4. The molecule has 2 heterocycles. The number of carbonyl (C=O) groups is 2. The molecule has 144 valence electrons. The summed E-state index contributed by atoms with van der Waals surface area (Å²) in [6.07, 6.45) is 1.47. The number of nitrogens with one attached hydrogen (secondary N) is 1. The van der Waals surface area contributed by atoms with Crippen LogP contribution in [0.5, 0.6) is 0 Å². The number of aryl methyl sites for hydroxylation is 2. The maximum atomic E-state index is 12.5. The molecule has 0 aliphatic heterocycles. The molecule has 8 heteroatoms. The first kappa shape index (κ1) is 19.5. The maximum Gasteiger partial charge on any atom is 0.350 e. The van der Waals surface area contributed by atoms with Gasteiger partial charge in [-0.2, -0.15) is 0 Å². The molecular weight excluding hydrogens is 378 g/mol. The SMILES string of the molecule is C=CCOC(=O)c1sc(NC(=O)Cn2c(=O)cc(C)c3ccccc32)nc1C. The molecule has 1 amide bonds. The van der Waals surface area contributed by atoms with E-state index < -0.39 is 11.9 Å². The fraction of sp³-hybridized carbons (Fsp3) is 0.200. The minimum Gasteiger partial charge on any atom is -0.457 e. The van der Waals surface area contributed by atoms with Gasteiger partial charge in [0.1, 0.15) is 18.0 Å². The van der Waals surface area contributed by atoms with Gasteiger partial charge < -0.3 is 10.1 Å². The molecule has 0 radical (unpaired) electrons. The van der Waals surface area contributed by atoms with Crippen molar-refractivity contribution >= 4 is 39.2 Å². The Bertz CT molecular complexity index is 1130. The van der Waals surface area contributed by atoms with Gasteiger partial charge in [-0.05, 0) is 25.5 Å². The van der Waals surface area contributed by atoms with Gasteiger partial charge in [-0.25, -0.2) is 9.78 Å². The van der Waals surface area contributed by atoms with Crippen LogP contribution in [0.3, 0.4) is 0 Å². The van der Waals surface area contributed by atoms with E-state index in [1.165, 1.54) is 16.7 Å². The van der Waals surface area contributed by atoms with Gasteiger partial charge in [0.25, 0.3) is 5.56 Å². The van der Waals surface area contributed by atoms with E-state index in [0.29, 0.717) is 16.1 Å². The molecule has 2 aromatic heterocycles. The third-order valence-corrected chi connectivity index (χ3v) is 5.14. The zero-order valence-electron chi connectivity index (χ0n) is 15.5. The molecule has 0 atom stereocenters. The number of amides is 1. The fourth-order valence-corrected chi connectivity index (χ4v) is 3.68. The van der Waals surface area contributed by atoms with Gasteiger partial charge in [0.15, 0.2) is 5.13 Å². The molecule has 0 unspecified atom stereocenters. The topological polar surface area (TPSA) is 90.3 Å². The molecule has 3 aromatic rings. The molecule has 0 aliphatic carbocycles. The van der Waals surface area contributed by atoms with Crippen LogP contribution >= 0.6 is 11.3 Å². The van der Waals surface area contributed by atoms with Crippen molar-refractivity contribution in [1.29, 1.82) is 0 Å². The number of para-hydroxylation sites is 1. The van der Waals surface area contributed by atoms with Crippen LogP contribution in [0.2, 0.25) is 0 Å². The Hall–Kier alpha value is -3.26. The standard InChI is InChI=1S/C20H19N3O4S/c1-4-9-27-19(26)18-13(3)21-20(28-18)22-16(24)11-23-15-8-6-5-7-14(15)12(2)10-17(23)25/h4-8,10H,1,9,11H2,2-3H3,(H,21,22,24). The van der Waals surface area contributed by atoms with Gasteiger partial charge >= 0.3 is 5.97 Å². The minimum absolute atomic E-state index is 0.0985. The van der Waals surface area contributed by atoms with Crippen molar-refractivity contribution in [2.45, 2.75) is 20.4 Å². The molecule has 0 saturated heterocycles. The molecule has 7 nitrogen and oxygen atoms in total. The fourth-order valence-electron chi connectivity index (χ4n) is 2.81. The number of fused-ring (bicyclic) bond motifs is 1. The van der Waals surface area contributed by atoms with E-state index in [0.717, 1.165) is 22.3 Å². The molecule has 0 spiro atoms. The van der Waals surface area contributed by atoms with Gasteiger partial charge in [-0.1, -0.05) is 42.2 Å². The molecule has 1 N–H and O–H groups in total. The second-order valence-electron chi connectivity index (χ2n) is 6.14. The predicted molar refractivity (Wildman–Crippen MR) is 109 cm³/mol. The third kappa shape index (κ3) is 4.01. The highest BCUT2D eigenvalue weighted by atomic mass is 32.1. The smallest absolute Gasteiger partial charge is 0.350 e. The molecule has 0 fully saturated rings. The Morgan fingerprint density at radius 2 is 2.07 bits per heavy atom. The zero-order chi connectivity index (χ0) is 20.3. The second-order valence-corrected chi connectivity index (χ2v) is 7.14. The number of aromatic nitrogens is 2. The van der Waals surface area contributed by atoms with E-state index in [1.807, 2.05) is 25.1 Å².